The van der Waals surface area contributed by atoms with Crippen LogP contribution in [-0.2, 0) is 13.1 Å². The summed E-state index contributed by atoms with van der Waals surface area (Å²) in [5, 5.41) is 3.29. The van der Waals surface area contributed by atoms with Crippen molar-refractivity contribution in [3.63, 3.8) is 0 Å². The summed E-state index contributed by atoms with van der Waals surface area (Å²) in [5.74, 6) is -0.0807. The first kappa shape index (κ1) is 15.4. The summed E-state index contributed by atoms with van der Waals surface area (Å²) in [6, 6.07) is 5.48. The van der Waals surface area contributed by atoms with Crippen molar-refractivity contribution in [2.75, 3.05) is 39.8 Å². The highest BCUT2D eigenvalue weighted by atomic mass is 19.1. The Balaban J connectivity index is 2.00. The lowest BCUT2D eigenvalue weighted by molar-refractivity contribution is 0.266. The second-order valence-corrected chi connectivity index (χ2v) is 5.64. The largest absolute Gasteiger partial charge is 0.313 e. The minimum Gasteiger partial charge on any atom is -0.313 e. The van der Waals surface area contributed by atoms with Crippen LogP contribution in [0.5, 0.6) is 0 Å². The molecule has 2 rings (SSSR count). The molecule has 1 aliphatic rings. The van der Waals surface area contributed by atoms with Crippen LogP contribution in [0.15, 0.2) is 18.2 Å². The molecule has 0 aromatic heterocycles. The van der Waals surface area contributed by atoms with E-state index in [1.807, 2.05) is 12.1 Å². The number of nitrogens with one attached hydrogen (secondary N) is 1. The van der Waals surface area contributed by atoms with Crippen LogP contribution in [0.25, 0.3) is 0 Å². The van der Waals surface area contributed by atoms with Gasteiger partial charge in [-0.05, 0) is 44.7 Å². The molecule has 0 bridgehead atoms. The van der Waals surface area contributed by atoms with Crippen LogP contribution in [0.2, 0.25) is 0 Å². The molecule has 0 saturated carbocycles. The van der Waals surface area contributed by atoms with E-state index in [4.69, 9.17) is 0 Å². The molecule has 112 valence electrons. The van der Waals surface area contributed by atoms with Crippen molar-refractivity contribution in [2.24, 2.45) is 0 Å². The zero-order valence-electron chi connectivity index (χ0n) is 12.7. The van der Waals surface area contributed by atoms with Gasteiger partial charge in [0.15, 0.2) is 0 Å². The second kappa shape index (κ2) is 7.72. The number of halogens is 1. The van der Waals surface area contributed by atoms with Gasteiger partial charge in [-0.3, -0.25) is 4.90 Å². The van der Waals surface area contributed by atoms with E-state index >= 15 is 0 Å². The Kier molecular flexibility index (Phi) is 5.95. The molecule has 1 aromatic carbocycles. The molecular formula is C16H26FN3. The summed E-state index contributed by atoms with van der Waals surface area (Å²) < 4.78 is 14.0. The van der Waals surface area contributed by atoms with Gasteiger partial charge >= 0.3 is 0 Å². The minimum absolute atomic E-state index is 0.0807. The maximum Gasteiger partial charge on any atom is 0.127 e. The van der Waals surface area contributed by atoms with Gasteiger partial charge in [0.25, 0.3) is 0 Å². The van der Waals surface area contributed by atoms with Crippen molar-refractivity contribution < 1.29 is 4.39 Å². The minimum atomic E-state index is -0.0807. The summed E-state index contributed by atoms with van der Waals surface area (Å²) in [6.07, 6.45) is 1.16. The third-order valence-corrected chi connectivity index (χ3v) is 3.90. The fourth-order valence-electron chi connectivity index (χ4n) is 2.63. The Morgan fingerprint density at radius 2 is 2.05 bits per heavy atom. The fourth-order valence-corrected chi connectivity index (χ4v) is 2.63. The molecule has 1 heterocycles. The van der Waals surface area contributed by atoms with Gasteiger partial charge < -0.3 is 10.2 Å². The standard InChI is InChI=1S/C16H26FN3/c1-3-18-12-14-5-6-16(17)15(11-14)13-20-8-4-7-19(2)9-10-20/h5-6,11,18H,3-4,7-10,12-13H2,1-2H3. The average molecular weight is 279 g/mol. The van der Waals surface area contributed by atoms with Crippen molar-refractivity contribution in [3.05, 3.63) is 35.1 Å². The van der Waals surface area contributed by atoms with Crippen LogP contribution in [0, 0.1) is 5.82 Å². The average Bonchev–Trinajstić information content (AvgIpc) is 2.64. The number of nitrogens with zero attached hydrogens (tertiary/aromatic N) is 2. The predicted octanol–water partition coefficient (Wildman–Crippen LogP) is 2.07. The molecule has 1 aliphatic heterocycles. The van der Waals surface area contributed by atoms with E-state index < -0.39 is 0 Å². The monoisotopic (exact) mass is 279 g/mol. The Morgan fingerprint density at radius 1 is 1.20 bits per heavy atom. The molecule has 0 radical (unpaired) electrons. The smallest absolute Gasteiger partial charge is 0.127 e. The lowest BCUT2D eigenvalue weighted by atomic mass is 10.1. The number of rotatable bonds is 5. The van der Waals surface area contributed by atoms with Crippen molar-refractivity contribution >= 4 is 0 Å². The second-order valence-electron chi connectivity index (χ2n) is 5.64. The molecule has 1 N–H and O–H groups in total. The summed E-state index contributed by atoms with van der Waals surface area (Å²) in [5.41, 5.74) is 1.99. The molecule has 0 aliphatic carbocycles. The van der Waals surface area contributed by atoms with Gasteiger partial charge in [-0.15, -0.1) is 0 Å². The zero-order valence-corrected chi connectivity index (χ0v) is 12.7. The van der Waals surface area contributed by atoms with Gasteiger partial charge in [0.1, 0.15) is 5.82 Å². The van der Waals surface area contributed by atoms with E-state index in [1.165, 1.54) is 0 Å². The third-order valence-electron chi connectivity index (χ3n) is 3.90. The normalized spacial score (nSPS) is 18.1. The van der Waals surface area contributed by atoms with E-state index in [-0.39, 0.29) is 5.82 Å². The van der Waals surface area contributed by atoms with E-state index in [1.54, 1.807) is 6.07 Å². The van der Waals surface area contributed by atoms with Gasteiger partial charge in [-0.2, -0.15) is 0 Å². The van der Waals surface area contributed by atoms with Gasteiger partial charge in [0.05, 0.1) is 0 Å². The van der Waals surface area contributed by atoms with E-state index in [2.05, 4.69) is 29.1 Å². The molecule has 3 nitrogen and oxygen atoms in total. The van der Waals surface area contributed by atoms with Crippen LogP contribution < -0.4 is 5.32 Å². The molecular weight excluding hydrogens is 253 g/mol. The molecule has 4 heteroatoms. The SMILES string of the molecule is CCNCc1ccc(F)c(CN2CCCN(C)CC2)c1. The van der Waals surface area contributed by atoms with Gasteiger partial charge in [0.2, 0.25) is 0 Å². The van der Waals surface area contributed by atoms with Crippen molar-refractivity contribution in [1.82, 2.24) is 15.1 Å². The fraction of sp³-hybridized carbons (Fsp3) is 0.625. The number of hydrogen-bond acceptors (Lipinski definition) is 3. The zero-order chi connectivity index (χ0) is 14.4. The Labute approximate surface area is 121 Å². The Hall–Kier alpha value is -0.970. The quantitative estimate of drug-likeness (QED) is 0.890. The molecule has 20 heavy (non-hydrogen) atoms. The Bertz CT molecular complexity index is 422. The first-order valence-corrected chi connectivity index (χ1v) is 7.58. The van der Waals surface area contributed by atoms with E-state index in [0.717, 1.165) is 63.4 Å². The first-order valence-electron chi connectivity index (χ1n) is 7.58. The molecule has 0 unspecified atom stereocenters. The molecule has 1 aromatic rings. The van der Waals surface area contributed by atoms with Crippen LogP contribution in [-0.4, -0.2) is 49.6 Å². The topological polar surface area (TPSA) is 18.5 Å². The highest BCUT2D eigenvalue weighted by molar-refractivity contribution is 5.25. The molecule has 1 saturated heterocycles. The lowest BCUT2D eigenvalue weighted by Gasteiger charge is -2.20. The summed E-state index contributed by atoms with van der Waals surface area (Å²) in [4.78, 5) is 4.71. The van der Waals surface area contributed by atoms with E-state index in [9.17, 15) is 4.39 Å². The highest BCUT2D eigenvalue weighted by Crippen LogP contribution is 2.14. The third kappa shape index (κ3) is 4.54. The van der Waals surface area contributed by atoms with Crippen LogP contribution in [0.1, 0.15) is 24.5 Å². The van der Waals surface area contributed by atoms with Crippen LogP contribution in [0.4, 0.5) is 4.39 Å². The molecule has 0 spiro atoms. The molecule has 0 amide bonds. The van der Waals surface area contributed by atoms with Crippen molar-refractivity contribution in [2.45, 2.75) is 26.4 Å². The maximum atomic E-state index is 14.0. The van der Waals surface area contributed by atoms with Gasteiger partial charge in [0, 0.05) is 31.7 Å². The van der Waals surface area contributed by atoms with Crippen LogP contribution >= 0.6 is 0 Å². The van der Waals surface area contributed by atoms with E-state index in [0.29, 0.717) is 0 Å². The maximum absolute atomic E-state index is 14.0. The van der Waals surface area contributed by atoms with Crippen molar-refractivity contribution in [3.8, 4) is 0 Å². The first-order chi connectivity index (χ1) is 9.69. The number of hydrogen-bond donors (Lipinski definition) is 1. The number of benzene rings is 1. The summed E-state index contributed by atoms with van der Waals surface area (Å²) in [6.45, 7) is 8.84. The lowest BCUT2D eigenvalue weighted by Crippen LogP contribution is -2.29. The summed E-state index contributed by atoms with van der Waals surface area (Å²) >= 11 is 0. The van der Waals surface area contributed by atoms with Crippen LogP contribution in [0.3, 0.4) is 0 Å². The molecule has 0 atom stereocenters. The van der Waals surface area contributed by atoms with Gasteiger partial charge in [-0.1, -0.05) is 19.1 Å². The predicted molar refractivity (Wildman–Crippen MR) is 81.2 cm³/mol. The molecule has 1 fully saturated rings. The van der Waals surface area contributed by atoms with Gasteiger partial charge in [-0.25, -0.2) is 4.39 Å². The summed E-state index contributed by atoms with van der Waals surface area (Å²) in [7, 11) is 2.15. The Morgan fingerprint density at radius 3 is 2.85 bits per heavy atom. The highest BCUT2D eigenvalue weighted by Gasteiger charge is 2.14. The number of likely N-dealkylation sites (N-methyl/N-ethyl adjacent to an activating group) is 1. The van der Waals surface area contributed by atoms with Crippen molar-refractivity contribution in [1.29, 1.82) is 0 Å².